The van der Waals surface area contributed by atoms with Crippen LogP contribution in [-0.4, -0.2) is 33.8 Å². The molecule has 0 heterocycles. The van der Waals surface area contributed by atoms with Gasteiger partial charge in [0.05, 0.1) is 16.6 Å². The van der Waals surface area contributed by atoms with E-state index in [4.69, 9.17) is 5.11 Å². The SMILES string of the molecule is O=C(O)c1cc([N+](=O)[O-])ccc1NCC1CCC(O)C1. The molecule has 0 aromatic heterocycles. The van der Waals surface area contributed by atoms with E-state index in [0.29, 0.717) is 24.6 Å². The van der Waals surface area contributed by atoms with Gasteiger partial charge in [0.15, 0.2) is 0 Å². The molecule has 7 heteroatoms. The molecule has 1 aromatic rings. The van der Waals surface area contributed by atoms with Crippen LogP contribution in [0, 0.1) is 16.0 Å². The maximum atomic E-state index is 11.1. The van der Waals surface area contributed by atoms with E-state index in [2.05, 4.69) is 5.32 Å². The first-order valence-electron chi connectivity index (χ1n) is 6.41. The molecule has 0 amide bonds. The quantitative estimate of drug-likeness (QED) is 0.560. The molecule has 0 aliphatic heterocycles. The van der Waals surface area contributed by atoms with Crippen LogP contribution in [0.4, 0.5) is 11.4 Å². The fraction of sp³-hybridized carbons (Fsp3) is 0.462. The van der Waals surface area contributed by atoms with Crippen molar-refractivity contribution in [1.82, 2.24) is 0 Å². The van der Waals surface area contributed by atoms with E-state index in [0.717, 1.165) is 18.9 Å². The summed E-state index contributed by atoms with van der Waals surface area (Å²) in [7, 11) is 0. The van der Waals surface area contributed by atoms with Crippen LogP contribution in [-0.2, 0) is 0 Å². The second-order valence-electron chi connectivity index (χ2n) is 5.01. The van der Waals surface area contributed by atoms with Crippen LogP contribution in [0.3, 0.4) is 0 Å². The normalized spacial score (nSPS) is 21.6. The molecule has 1 aliphatic rings. The number of aromatic carboxylic acids is 1. The zero-order chi connectivity index (χ0) is 14.7. The number of hydrogen-bond acceptors (Lipinski definition) is 5. The van der Waals surface area contributed by atoms with Gasteiger partial charge in [0.2, 0.25) is 0 Å². The summed E-state index contributed by atoms with van der Waals surface area (Å²) in [5.41, 5.74) is 0.00599. The minimum absolute atomic E-state index is 0.113. The molecule has 1 aliphatic carbocycles. The molecule has 2 unspecified atom stereocenters. The van der Waals surface area contributed by atoms with E-state index < -0.39 is 10.9 Å². The number of anilines is 1. The Balaban J connectivity index is 2.10. The number of carbonyl (C=O) groups is 1. The summed E-state index contributed by atoms with van der Waals surface area (Å²) in [5, 5.41) is 32.2. The first-order chi connectivity index (χ1) is 9.47. The Labute approximate surface area is 115 Å². The number of nitro benzene ring substituents is 1. The van der Waals surface area contributed by atoms with Crippen LogP contribution < -0.4 is 5.32 Å². The standard InChI is InChI=1S/C13H16N2O5/c16-10-3-1-8(5-10)7-14-12-4-2-9(15(19)20)6-11(12)13(17)18/h2,4,6,8,10,14,16H,1,3,5,7H2,(H,17,18). The average molecular weight is 280 g/mol. The van der Waals surface area contributed by atoms with Crippen molar-refractivity contribution in [2.45, 2.75) is 25.4 Å². The Kier molecular flexibility index (Phi) is 4.19. The Morgan fingerprint density at radius 1 is 1.45 bits per heavy atom. The molecule has 0 radical (unpaired) electrons. The number of nitrogens with zero attached hydrogens (tertiary/aromatic N) is 1. The number of benzene rings is 1. The molecule has 2 rings (SSSR count). The summed E-state index contributed by atoms with van der Waals surface area (Å²) in [6.45, 7) is 0.551. The van der Waals surface area contributed by atoms with Gasteiger partial charge in [0.1, 0.15) is 0 Å². The minimum atomic E-state index is -1.21. The fourth-order valence-corrected chi connectivity index (χ4v) is 2.47. The maximum Gasteiger partial charge on any atom is 0.338 e. The number of carboxylic acid groups (broad SMARTS) is 1. The van der Waals surface area contributed by atoms with Crippen molar-refractivity contribution in [1.29, 1.82) is 0 Å². The Morgan fingerprint density at radius 2 is 2.20 bits per heavy atom. The highest BCUT2D eigenvalue weighted by Gasteiger charge is 2.23. The maximum absolute atomic E-state index is 11.1. The third kappa shape index (κ3) is 3.24. The van der Waals surface area contributed by atoms with Crippen molar-refractivity contribution in [2.75, 3.05) is 11.9 Å². The lowest BCUT2D eigenvalue weighted by molar-refractivity contribution is -0.384. The zero-order valence-electron chi connectivity index (χ0n) is 10.8. The van der Waals surface area contributed by atoms with Crippen molar-refractivity contribution in [3.05, 3.63) is 33.9 Å². The summed E-state index contributed by atoms with van der Waals surface area (Å²) in [6, 6.07) is 3.74. The number of hydrogen-bond donors (Lipinski definition) is 3. The van der Waals surface area contributed by atoms with Crippen molar-refractivity contribution in [3.63, 3.8) is 0 Å². The monoisotopic (exact) mass is 280 g/mol. The van der Waals surface area contributed by atoms with Crippen LogP contribution in [0.15, 0.2) is 18.2 Å². The van der Waals surface area contributed by atoms with Gasteiger partial charge in [-0.15, -0.1) is 0 Å². The highest BCUT2D eigenvalue weighted by molar-refractivity contribution is 5.95. The van der Waals surface area contributed by atoms with Gasteiger partial charge in [0.25, 0.3) is 5.69 Å². The van der Waals surface area contributed by atoms with Gasteiger partial charge in [0, 0.05) is 24.4 Å². The lowest BCUT2D eigenvalue weighted by Gasteiger charge is -2.13. The molecule has 7 nitrogen and oxygen atoms in total. The average Bonchev–Trinajstić information content (AvgIpc) is 2.81. The lowest BCUT2D eigenvalue weighted by atomic mass is 10.1. The Hall–Kier alpha value is -2.15. The molecule has 2 atom stereocenters. The highest BCUT2D eigenvalue weighted by Crippen LogP contribution is 2.27. The highest BCUT2D eigenvalue weighted by atomic mass is 16.6. The van der Waals surface area contributed by atoms with Gasteiger partial charge >= 0.3 is 5.97 Å². The molecule has 3 N–H and O–H groups in total. The molecule has 0 bridgehead atoms. The predicted octanol–water partition coefficient (Wildman–Crippen LogP) is 1.87. The molecule has 20 heavy (non-hydrogen) atoms. The van der Waals surface area contributed by atoms with Gasteiger partial charge in [-0.05, 0) is 31.2 Å². The molecule has 0 saturated heterocycles. The number of nitrogens with one attached hydrogen (secondary N) is 1. The molecule has 108 valence electrons. The second kappa shape index (κ2) is 5.87. The van der Waals surface area contributed by atoms with E-state index in [1.54, 1.807) is 0 Å². The Bertz CT molecular complexity index is 531. The van der Waals surface area contributed by atoms with Crippen molar-refractivity contribution >= 4 is 17.3 Å². The molecule has 1 saturated carbocycles. The second-order valence-corrected chi connectivity index (χ2v) is 5.01. The third-order valence-electron chi connectivity index (χ3n) is 3.54. The summed E-state index contributed by atoms with van der Waals surface area (Å²) in [5.74, 6) is -0.913. The van der Waals surface area contributed by atoms with Gasteiger partial charge in [-0.2, -0.15) is 0 Å². The van der Waals surface area contributed by atoms with Crippen LogP contribution in [0.5, 0.6) is 0 Å². The van der Waals surface area contributed by atoms with Crippen LogP contribution in [0.1, 0.15) is 29.6 Å². The predicted molar refractivity (Wildman–Crippen MR) is 71.9 cm³/mol. The van der Waals surface area contributed by atoms with Crippen molar-refractivity contribution < 1.29 is 19.9 Å². The van der Waals surface area contributed by atoms with Crippen LogP contribution >= 0.6 is 0 Å². The number of nitro groups is 1. The number of non-ortho nitro benzene ring substituents is 1. The van der Waals surface area contributed by atoms with Crippen LogP contribution in [0.2, 0.25) is 0 Å². The molecule has 0 spiro atoms. The van der Waals surface area contributed by atoms with Gasteiger partial charge in [-0.1, -0.05) is 0 Å². The van der Waals surface area contributed by atoms with Gasteiger partial charge in [-0.3, -0.25) is 10.1 Å². The van der Waals surface area contributed by atoms with E-state index in [-0.39, 0.29) is 17.4 Å². The van der Waals surface area contributed by atoms with E-state index in [1.807, 2.05) is 0 Å². The van der Waals surface area contributed by atoms with Crippen molar-refractivity contribution in [2.24, 2.45) is 5.92 Å². The van der Waals surface area contributed by atoms with Crippen LogP contribution in [0.25, 0.3) is 0 Å². The third-order valence-corrected chi connectivity index (χ3v) is 3.54. The molecule has 1 fully saturated rings. The first kappa shape index (κ1) is 14.3. The largest absolute Gasteiger partial charge is 0.478 e. The summed E-state index contributed by atoms with van der Waals surface area (Å²) in [4.78, 5) is 21.2. The summed E-state index contributed by atoms with van der Waals surface area (Å²) in [6.07, 6.45) is 2.07. The summed E-state index contributed by atoms with van der Waals surface area (Å²) < 4.78 is 0. The number of aliphatic hydroxyl groups is 1. The van der Waals surface area contributed by atoms with E-state index in [9.17, 15) is 20.0 Å². The smallest absolute Gasteiger partial charge is 0.338 e. The lowest BCUT2D eigenvalue weighted by Crippen LogP contribution is -2.15. The number of rotatable bonds is 5. The molecule has 1 aromatic carbocycles. The first-order valence-corrected chi connectivity index (χ1v) is 6.41. The van der Waals surface area contributed by atoms with E-state index in [1.165, 1.54) is 12.1 Å². The van der Waals surface area contributed by atoms with E-state index >= 15 is 0 Å². The molecular formula is C13H16N2O5. The number of aliphatic hydroxyl groups excluding tert-OH is 1. The zero-order valence-corrected chi connectivity index (χ0v) is 10.8. The summed E-state index contributed by atoms with van der Waals surface area (Å²) >= 11 is 0. The topological polar surface area (TPSA) is 113 Å². The van der Waals surface area contributed by atoms with Gasteiger partial charge < -0.3 is 15.5 Å². The van der Waals surface area contributed by atoms with Gasteiger partial charge in [-0.25, -0.2) is 4.79 Å². The van der Waals surface area contributed by atoms with Crippen molar-refractivity contribution in [3.8, 4) is 0 Å². The minimum Gasteiger partial charge on any atom is -0.478 e. The fourth-order valence-electron chi connectivity index (χ4n) is 2.47. The number of carboxylic acids is 1. The molecular weight excluding hydrogens is 264 g/mol. The Morgan fingerprint density at radius 3 is 2.75 bits per heavy atom.